The minimum absolute atomic E-state index is 0.0757. The highest BCUT2D eigenvalue weighted by molar-refractivity contribution is 5.91. The SMILES string of the molecule is Cc1cccc(OCc2nc3ccccc3n2CC(=O)Nc2cccc(C(F)(F)F)c2)c1. The Morgan fingerprint density at radius 1 is 1.03 bits per heavy atom. The number of alkyl halides is 3. The Balaban J connectivity index is 1.55. The van der Waals surface area contributed by atoms with Gasteiger partial charge in [0.1, 0.15) is 24.7 Å². The molecule has 0 unspecified atom stereocenters. The summed E-state index contributed by atoms with van der Waals surface area (Å²) in [4.78, 5) is 17.2. The first-order valence-electron chi connectivity index (χ1n) is 9.90. The molecule has 1 N–H and O–H groups in total. The zero-order chi connectivity index (χ0) is 22.7. The number of para-hydroxylation sites is 2. The number of carbonyl (C=O) groups excluding carboxylic acids is 1. The third-order valence-electron chi connectivity index (χ3n) is 4.87. The standard InChI is InChI=1S/C24H20F3N3O2/c1-16-6-4-9-19(12-16)32-15-22-29-20-10-2-3-11-21(20)30(22)14-23(31)28-18-8-5-7-17(13-18)24(25,26)27/h2-13H,14-15H2,1H3,(H,28,31). The molecule has 0 atom stereocenters. The van der Waals surface area contributed by atoms with E-state index in [4.69, 9.17) is 4.74 Å². The molecule has 0 radical (unpaired) electrons. The fourth-order valence-corrected chi connectivity index (χ4v) is 3.38. The van der Waals surface area contributed by atoms with Crippen LogP contribution in [0.1, 0.15) is 17.0 Å². The lowest BCUT2D eigenvalue weighted by Crippen LogP contribution is -2.21. The maximum Gasteiger partial charge on any atom is 0.416 e. The predicted molar refractivity (Wildman–Crippen MR) is 115 cm³/mol. The zero-order valence-corrected chi connectivity index (χ0v) is 17.2. The van der Waals surface area contributed by atoms with E-state index in [9.17, 15) is 18.0 Å². The van der Waals surface area contributed by atoms with Crippen LogP contribution in [0.3, 0.4) is 0 Å². The van der Waals surface area contributed by atoms with Gasteiger partial charge in [0.2, 0.25) is 5.91 Å². The number of aryl methyl sites for hydroxylation is 1. The lowest BCUT2D eigenvalue weighted by Gasteiger charge is -2.12. The van der Waals surface area contributed by atoms with Gasteiger partial charge in [0.25, 0.3) is 0 Å². The van der Waals surface area contributed by atoms with Crippen LogP contribution in [-0.2, 0) is 24.1 Å². The van der Waals surface area contributed by atoms with Crippen LogP contribution in [0.5, 0.6) is 5.75 Å². The van der Waals surface area contributed by atoms with Gasteiger partial charge >= 0.3 is 6.18 Å². The molecule has 1 aromatic heterocycles. The molecule has 0 saturated carbocycles. The zero-order valence-electron chi connectivity index (χ0n) is 17.2. The summed E-state index contributed by atoms with van der Waals surface area (Å²) in [7, 11) is 0. The second kappa shape index (κ2) is 8.74. The van der Waals surface area contributed by atoms with E-state index in [1.807, 2.05) is 55.5 Å². The molecule has 0 bridgehead atoms. The minimum atomic E-state index is -4.48. The van der Waals surface area contributed by atoms with Gasteiger partial charge in [-0.05, 0) is 55.0 Å². The van der Waals surface area contributed by atoms with Gasteiger partial charge in [0.05, 0.1) is 16.6 Å². The second-order valence-corrected chi connectivity index (χ2v) is 7.33. The Hall–Kier alpha value is -3.81. The Morgan fingerprint density at radius 3 is 2.59 bits per heavy atom. The molecule has 0 saturated heterocycles. The van der Waals surface area contributed by atoms with Crippen LogP contribution in [0, 0.1) is 6.92 Å². The fraction of sp³-hybridized carbons (Fsp3) is 0.167. The molecule has 0 aliphatic heterocycles. The number of hydrogen-bond donors (Lipinski definition) is 1. The number of halogens is 3. The van der Waals surface area contributed by atoms with Gasteiger partial charge in [-0.15, -0.1) is 0 Å². The Kier molecular flexibility index (Phi) is 5.85. The monoisotopic (exact) mass is 439 g/mol. The van der Waals surface area contributed by atoms with E-state index in [1.54, 1.807) is 4.57 Å². The van der Waals surface area contributed by atoms with Crippen LogP contribution in [0.15, 0.2) is 72.8 Å². The van der Waals surface area contributed by atoms with Crippen LogP contribution in [0.4, 0.5) is 18.9 Å². The number of ether oxygens (including phenoxy) is 1. The van der Waals surface area contributed by atoms with E-state index in [2.05, 4.69) is 10.3 Å². The molecule has 1 amide bonds. The summed E-state index contributed by atoms with van der Waals surface area (Å²) in [5, 5.41) is 2.54. The first kappa shape index (κ1) is 21.4. The molecule has 0 aliphatic rings. The molecule has 32 heavy (non-hydrogen) atoms. The number of hydrogen-bond acceptors (Lipinski definition) is 3. The van der Waals surface area contributed by atoms with Crippen molar-refractivity contribution >= 4 is 22.6 Å². The van der Waals surface area contributed by atoms with Crippen LogP contribution in [0.2, 0.25) is 0 Å². The number of benzene rings is 3. The predicted octanol–water partition coefficient (Wildman–Crippen LogP) is 5.58. The Bertz CT molecular complexity index is 1260. The molecule has 4 rings (SSSR count). The molecule has 4 aromatic rings. The molecule has 3 aromatic carbocycles. The van der Waals surface area contributed by atoms with Crippen molar-refractivity contribution in [3.63, 3.8) is 0 Å². The van der Waals surface area contributed by atoms with Gasteiger partial charge in [-0.25, -0.2) is 4.98 Å². The van der Waals surface area contributed by atoms with Crippen LogP contribution in [-0.4, -0.2) is 15.5 Å². The van der Waals surface area contributed by atoms with Crippen LogP contribution in [0.25, 0.3) is 11.0 Å². The van der Waals surface area contributed by atoms with Crippen molar-refractivity contribution in [2.75, 3.05) is 5.32 Å². The summed E-state index contributed by atoms with van der Waals surface area (Å²) in [6.07, 6.45) is -4.48. The van der Waals surface area contributed by atoms with E-state index in [0.29, 0.717) is 17.1 Å². The highest BCUT2D eigenvalue weighted by atomic mass is 19.4. The summed E-state index contributed by atoms with van der Waals surface area (Å²) >= 11 is 0. The largest absolute Gasteiger partial charge is 0.486 e. The number of rotatable bonds is 6. The molecule has 0 fully saturated rings. The van der Waals surface area contributed by atoms with Crippen molar-refractivity contribution in [2.45, 2.75) is 26.3 Å². The Morgan fingerprint density at radius 2 is 1.81 bits per heavy atom. The minimum Gasteiger partial charge on any atom is -0.486 e. The van der Waals surface area contributed by atoms with Gasteiger partial charge in [-0.2, -0.15) is 13.2 Å². The van der Waals surface area contributed by atoms with Crippen molar-refractivity contribution in [3.05, 3.63) is 89.7 Å². The molecular formula is C24H20F3N3O2. The molecular weight excluding hydrogens is 419 g/mol. The van der Waals surface area contributed by atoms with Gasteiger partial charge in [-0.3, -0.25) is 4.79 Å². The van der Waals surface area contributed by atoms with Crippen molar-refractivity contribution in [1.82, 2.24) is 9.55 Å². The van der Waals surface area contributed by atoms with E-state index in [1.165, 1.54) is 12.1 Å². The first-order valence-corrected chi connectivity index (χ1v) is 9.90. The number of anilines is 1. The van der Waals surface area contributed by atoms with Crippen molar-refractivity contribution in [2.24, 2.45) is 0 Å². The smallest absolute Gasteiger partial charge is 0.416 e. The molecule has 8 heteroatoms. The highest BCUT2D eigenvalue weighted by Gasteiger charge is 2.30. The lowest BCUT2D eigenvalue weighted by atomic mass is 10.2. The van der Waals surface area contributed by atoms with Crippen LogP contribution >= 0.6 is 0 Å². The van der Waals surface area contributed by atoms with Crippen LogP contribution < -0.4 is 10.1 Å². The Labute approximate surface area is 182 Å². The maximum absolute atomic E-state index is 12.9. The summed E-state index contributed by atoms with van der Waals surface area (Å²) in [5.41, 5.74) is 1.73. The van der Waals surface area contributed by atoms with Crippen molar-refractivity contribution in [1.29, 1.82) is 0 Å². The summed E-state index contributed by atoms with van der Waals surface area (Å²) < 4.78 is 46.4. The van der Waals surface area contributed by atoms with E-state index in [0.717, 1.165) is 23.2 Å². The number of nitrogens with one attached hydrogen (secondary N) is 1. The molecule has 0 spiro atoms. The third kappa shape index (κ3) is 4.91. The van der Waals surface area contributed by atoms with Crippen molar-refractivity contribution in [3.8, 4) is 5.75 Å². The number of aromatic nitrogens is 2. The second-order valence-electron chi connectivity index (χ2n) is 7.33. The highest BCUT2D eigenvalue weighted by Crippen LogP contribution is 2.30. The van der Waals surface area contributed by atoms with Gasteiger partial charge in [-0.1, -0.05) is 30.3 Å². The summed E-state index contributed by atoms with van der Waals surface area (Å²) in [5.74, 6) is 0.744. The fourth-order valence-electron chi connectivity index (χ4n) is 3.38. The number of imidazole rings is 1. The summed E-state index contributed by atoms with van der Waals surface area (Å²) in [6.45, 7) is 1.97. The third-order valence-corrected chi connectivity index (χ3v) is 4.87. The average Bonchev–Trinajstić information content (AvgIpc) is 3.09. The number of carbonyl (C=O) groups is 1. The molecule has 0 aliphatic carbocycles. The number of nitrogens with zero attached hydrogens (tertiary/aromatic N) is 2. The van der Waals surface area contributed by atoms with E-state index >= 15 is 0 Å². The van der Waals surface area contributed by atoms with E-state index < -0.39 is 17.6 Å². The number of fused-ring (bicyclic) bond motifs is 1. The van der Waals surface area contributed by atoms with E-state index in [-0.39, 0.29) is 18.8 Å². The van der Waals surface area contributed by atoms with Crippen molar-refractivity contribution < 1.29 is 22.7 Å². The van der Waals surface area contributed by atoms with Gasteiger partial charge in [0.15, 0.2) is 0 Å². The molecule has 1 heterocycles. The summed E-state index contributed by atoms with van der Waals surface area (Å²) in [6, 6.07) is 19.4. The molecule has 164 valence electrons. The topological polar surface area (TPSA) is 56.2 Å². The maximum atomic E-state index is 12.9. The quantitative estimate of drug-likeness (QED) is 0.427. The number of amides is 1. The van der Waals surface area contributed by atoms with Gasteiger partial charge < -0.3 is 14.6 Å². The first-order chi connectivity index (χ1) is 15.3. The average molecular weight is 439 g/mol. The molecule has 5 nitrogen and oxygen atoms in total. The lowest BCUT2D eigenvalue weighted by molar-refractivity contribution is -0.137. The van der Waals surface area contributed by atoms with Gasteiger partial charge in [0, 0.05) is 5.69 Å². The normalized spacial score (nSPS) is 11.5.